The fourth-order valence-electron chi connectivity index (χ4n) is 2.53. The number of nitrogens with one attached hydrogen (secondary N) is 1. The van der Waals surface area contributed by atoms with E-state index < -0.39 is 0 Å². The number of rotatable bonds is 7. The molecule has 2 nitrogen and oxygen atoms in total. The Balaban J connectivity index is 1.79. The van der Waals surface area contributed by atoms with Crippen molar-refractivity contribution in [1.29, 1.82) is 0 Å². The molecule has 0 aromatic carbocycles. The van der Waals surface area contributed by atoms with Crippen LogP contribution in [0, 0.1) is 0 Å². The molecule has 1 N–H and O–H groups in total. The van der Waals surface area contributed by atoms with Crippen LogP contribution in [0.15, 0.2) is 15.9 Å². The van der Waals surface area contributed by atoms with E-state index in [9.17, 15) is 0 Å². The van der Waals surface area contributed by atoms with Gasteiger partial charge in [-0.15, -0.1) is 11.3 Å². The van der Waals surface area contributed by atoms with Gasteiger partial charge in [-0.1, -0.05) is 6.92 Å². The largest absolute Gasteiger partial charge is 0.378 e. The van der Waals surface area contributed by atoms with Crippen LogP contribution in [0.1, 0.15) is 37.5 Å². The Hall–Kier alpha value is 0.1000. The lowest BCUT2D eigenvalue weighted by Crippen LogP contribution is -2.31. The molecule has 0 saturated carbocycles. The van der Waals surface area contributed by atoms with E-state index in [0.29, 0.717) is 12.1 Å². The van der Waals surface area contributed by atoms with Crippen LogP contribution in [-0.2, 0) is 11.2 Å². The SMILES string of the molecule is CCNC(CCC1CCCO1)Cc1ccc(Br)s1. The first-order valence-electron chi connectivity index (χ1n) is 6.87. The standard InChI is InChI=1S/C14H22BrNOS/c1-2-16-11(5-6-12-4-3-9-17-12)10-13-7-8-14(15)18-13/h7-8,11-12,16H,2-6,9-10H2,1H3. The van der Waals surface area contributed by atoms with Gasteiger partial charge in [-0.05, 0) is 66.7 Å². The molecule has 1 aromatic rings. The molecule has 0 spiro atoms. The molecule has 1 aromatic heterocycles. The van der Waals surface area contributed by atoms with Crippen LogP contribution in [0.5, 0.6) is 0 Å². The van der Waals surface area contributed by atoms with E-state index in [1.807, 2.05) is 11.3 Å². The minimum absolute atomic E-state index is 0.515. The molecule has 0 radical (unpaired) electrons. The van der Waals surface area contributed by atoms with Crippen molar-refractivity contribution in [2.75, 3.05) is 13.2 Å². The predicted molar refractivity (Wildman–Crippen MR) is 81.4 cm³/mol. The zero-order chi connectivity index (χ0) is 12.8. The molecule has 2 atom stereocenters. The van der Waals surface area contributed by atoms with Crippen molar-refractivity contribution >= 4 is 27.3 Å². The van der Waals surface area contributed by atoms with Gasteiger partial charge >= 0.3 is 0 Å². The second-order valence-electron chi connectivity index (χ2n) is 4.88. The molecule has 2 rings (SSSR count). The molecule has 4 heteroatoms. The molecular formula is C14H22BrNOS. The van der Waals surface area contributed by atoms with Crippen molar-refractivity contribution < 1.29 is 4.74 Å². The number of likely N-dealkylation sites (N-methyl/N-ethyl adjacent to an activating group) is 1. The number of halogens is 1. The van der Waals surface area contributed by atoms with Crippen molar-refractivity contribution in [2.24, 2.45) is 0 Å². The lowest BCUT2D eigenvalue weighted by atomic mass is 10.0. The van der Waals surface area contributed by atoms with Crippen molar-refractivity contribution in [3.8, 4) is 0 Å². The van der Waals surface area contributed by atoms with E-state index in [0.717, 1.165) is 19.6 Å². The summed E-state index contributed by atoms with van der Waals surface area (Å²) < 4.78 is 6.93. The number of hydrogen-bond donors (Lipinski definition) is 1. The second-order valence-corrected chi connectivity index (χ2v) is 7.42. The van der Waals surface area contributed by atoms with Crippen molar-refractivity contribution in [3.63, 3.8) is 0 Å². The second kappa shape index (κ2) is 7.63. The van der Waals surface area contributed by atoms with Gasteiger partial charge in [0.05, 0.1) is 9.89 Å². The Morgan fingerprint density at radius 3 is 3.06 bits per heavy atom. The Morgan fingerprint density at radius 1 is 1.56 bits per heavy atom. The quantitative estimate of drug-likeness (QED) is 0.815. The summed E-state index contributed by atoms with van der Waals surface area (Å²) in [5.41, 5.74) is 0. The highest BCUT2D eigenvalue weighted by Crippen LogP contribution is 2.25. The third-order valence-electron chi connectivity index (χ3n) is 3.43. The van der Waals surface area contributed by atoms with Crippen LogP contribution in [-0.4, -0.2) is 25.3 Å². The fraction of sp³-hybridized carbons (Fsp3) is 0.714. The van der Waals surface area contributed by atoms with Crippen LogP contribution < -0.4 is 5.32 Å². The van der Waals surface area contributed by atoms with Crippen molar-refractivity contribution in [3.05, 3.63) is 20.8 Å². The summed E-state index contributed by atoms with van der Waals surface area (Å²) in [6.45, 7) is 4.19. The molecule has 102 valence electrons. The lowest BCUT2D eigenvalue weighted by molar-refractivity contribution is 0.0996. The third kappa shape index (κ3) is 4.65. The number of ether oxygens (including phenoxy) is 1. The molecule has 0 amide bonds. The maximum absolute atomic E-state index is 5.70. The Bertz CT molecular complexity index is 349. The smallest absolute Gasteiger partial charge is 0.0701 e. The minimum atomic E-state index is 0.515. The van der Waals surface area contributed by atoms with Crippen LogP contribution in [0.2, 0.25) is 0 Å². The zero-order valence-electron chi connectivity index (χ0n) is 11.0. The summed E-state index contributed by atoms with van der Waals surface area (Å²) in [6, 6.07) is 4.96. The van der Waals surface area contributed by atoms with Gasteiger partial charge in [0.15, 0.2) is 0 Å². The van der Waals surface area contributed by atoms with Crippen LogP contribution in [0.3, 0.4) is 0 Å². The monoisotopic (exact) mass is 331 g/mol. The molecule has 2 heterocycles. The normalized spacial score (nSPS) is 21.3. The molecular weight excluding hydrogens is 310 g/mol. The molecule has 1 saturated heterocycles. The molecule has 1 fully saturated rings. The molecule has 2 unspecified atom stereocenters. The molecule has 1 aliphatic rings. The van der Waals surface area contributed by atoms with Crippen LogP contribution in [0.25, 0.3) is 0 Å². The summed E-state index contributed by atoms with van der Waals surface area (Å²) in [4.78, 5) is 1.46. The third-order valence-corrected chi connectivity index (χ3v) is 5.08. The van der Waals surface area contributed by atoms with E-state index in [4.69, 9.17) is 4.74 Å². The lowest BCUT2D eigenvalue weighted by Gasteiger charge is -2.19. The highest BCUT2D eigenvalue weighted by atomic mass is 79.9. The summed E-state index contributed by atoms with van der Waals surface area (Å²) in [5, 5.41) is 3.60. The van der Waals surface area contributed by atoms with Gasteiger partial charge in [0.2, 0.25) is 0 Å². The fourth-order valence-corrected chi connectivity index (χ4v) is 4.09. The van der Waals surface area contributed by atoms with E-state index in [2.05, 4.69) is 40.3 Å². The first-order chi connectivity index (χ1) is 8.78. The minimum Gasteiger partial charge on any atom is -0.378 e. The summed E-state index contributed by atoms with van der Waals surface area (Å²) in [7, 11) is 0. The Labute approximate surface area is 122 Å². The van der Waals surface area contributed by atoms with Gasteiger partial charge in [-0.3, -0.25) is 0 Å². The molecule has 0 aliphatic carbocycles. The average Bonchev–Trinajstić information content (AvgIpc) is 2.98. The van der Waals surface area contributed by atoms with E-state index in [-0.39, 0.29) is 0 Å². The first-order valence-corrected chi connectivity index (χ1v) is 8.48. The number of thiophene rings is 1. The highest BCUT2D eigenvalue weighted by Gasteiger charge is 2.18. The molecule has 0 bridgehead atoms. The van der Waals surface area contributed by atoms with Crippen LogP contribution >= 0.6 is 27.3 Å². The van der Waals surface area contributed by atoms with Gasteiger partial charge in [-0.2, -0.15) is 0 Å². The summed E-state index contributed by atoms with van der Waals surface area (Å²) >= 11 is 5.38. The van der Waals surface area contributed by atoms with Crippen molar-refractivity contribution in [1.82, 2.24) is 5.32 Å². The zero-order valence-corrected chi connectivity index (χ0v) is 13.4. The van der Waals surface area contributed by atoms with Gasteiger partial charge in [0.1, 0.15) is 0 Å². The van der Waals surface area contributed by atoms with Gasteiger partial charge in [0.25, 0.3) is 0 Å². The average molecular weight is 332 g/mol. The Kier molecular flexibility index (Phi) is 6.15. The van der Waals surface area contributed by atoms with Crippen molar-refractivity contribution in [2.45, 2.75) is 51.2 Å². The summed E-state index contributed by atoms with van der Waals surface area (Å²) in [5.74, 6) is 0. The maximum Gasteiger partial charge on any atom is 0.0701 e. The first kappa shape index (κ1) is 14.5. The Morgan fingerprint density at radius 2 is 2.44 bits per heavy atom. The predicted octanol–water partition coefficient (Wildman–Crippen LogP) is 3.99. The van der Waals surface area contributed by atoms with Gasteiger partial charge in [0, 0.05) is 17.5 Å². The molecule has 1 aliphatic heterocycles. The maximum atomic E-state index is 5.70. The van der Waals surface area contributed by atoms with Crippen LogP contribution in [0.4, 0.5) is 0 Å². The highest BCUT2D eigenvalue weighted by molar-refractivity contribution is 9.11. The molecule has 18 heavy (non-hydrogen) atoms. The van der Waals surface area contributed by atoms with E-state index >= 15 is 0 Å². The van der Waals surface area contributed by atoms with E-state index in [1.165, 1.54) is 34.3 Å². The number of hydrogen-bond acceptors (Lipinski definition) is 3. The van der Waals surface area contributed by atoms with Gasteiger partial charge < -0.3 is 10.1 Å². The van der Waals surface area contributed by atoms with Gasteiger partial charge in [-0.25, -0.2) is 0 Å². The topological polar surface area (TPSA) is 21.3 Å². The van der Waals surface area contributed by atoms with E-state index in [1.54, 1.807) is 0 Å². The summed E-state index contributed by atoms with van der Waals surface area (Å²) in [6.07, 6.45) is 6.56.